The van der Waals surface area contributed by atoms with E-state index in [4.69, 9.17) is 0 Å². The molecule has 3 rings (SSSR count). The van der Waals surface area contributed by atoms with E-state index in [0.717, 1.165) is 25.0 Å². The highest BCUT2D eigenvalue weighted by atomic mass is 32.2. The molecule has 3 atom stereocenters. The van der Waals surface area contributed by atoms with E-state index in [-0.39, 0.29) is 23.9 Å². The van der Waals surface area contributed by atoms with Crippen LogP contribution in [0.2, 0.25) is 0 Å². The van der Waals surface area contributed by atoms with E-state index in [2.05, 4.69) is 10.6 Å². The number of rotatable bonds is 4. The van der Waals surface area contributed by atoms with Crippen molar-refractivity contribution in [2.24, 2.45) is 0 Å². The summed E-state index contributed by atoms with van der Waals surface area (Å²) in [4.78, 5) is 26.4. The Kier molecular flexibility index (Phi) is 4.74. The fraction of sp³-hybridized carbons (Fsp3) is 0.867. The van der Waals surface area contributed by atoms with Gasteiger partial charge < -0.3 is 15.5 Å². The number of thioether (sulfide) groups is 1. The van der Waals surface area contributed by atoms with Gasteiger partial charge in [-0.3, -0.25) is 9.59 Å². The molecule has 0 spiro atoms. The number of hydrogen-bond acceptors (Lipinski definition) is 4. The molecule has 3 fully saturated rings. The van der Waals surface area contributed by atoms with Crippen LogP contribution < -0.4 is 10.6 Å². The van der Waals surface area contributed by atoms with Crippen molar-refractivity contribution in [2.45, 2.75) is 69.6 Å². The van der Waals surface area contributed by atoms with Crippen molar-refractivity contribution in [3.05, 3.63) is 0 Å². The Morgan fingerprint density at radius 1 is 1.29 bits per heavy atom. The molecule has 118 valence electrons. The van der Waals surface area contributed by atoms with Crippen molar-refractivity contribution in [3.63, 3.8) is 0 Å². The third kappa shape index (κ3) is 3.37. The zero-order chi connectivity index (χ0) is 14.8. The first-order valence-corrected chi connectivity index (χ1v) is 9.26. The number of fused-ring (bicyclic) bond motifs is 2. The summed E-state index contributed by atoms with van der Waals surface area (Å²) in [7, 11) is 0. The highest BCUT2D eigenvalue weighted by molar-refractivity contribution is 7.99. The highest BCUT2D eigenvalue weighted by Crippen LogP contribution is 2.28. The molecule has 0 aromatic carbocycles. The van der Waals surface area contributed by atoms with Crippen LogP contribution in [0.5, 0.6) is 0 Å². The average molecular weight is 311 g/mol. The van der Waals surface area contributed by atoms with Gasteiger partial charge in [-0.05, 0) is 32.1 Å². The second-order valence-corrected chi connectivity index (χ2v) is 7.44. The van der Waals surface area contributed by atoms with Crippen LogP contribution >= 0.6 is 11.8 Å². The molecule has 6 heteroatoms. The van der Waals surface area contributed by atoms with Crippen LogP contribution in [0.15, 0.2) is 0 Å². The monoisotopic (exact) mass is 311 g/mol. The lowest BCUT2D eigenvalue weighted by molar-refractivity contribution is -0.138. The molecule has 0 saturated carbocycles. The molecule has 2 amide bonds. The molecular weight excluding hydrogens is 286 g/mol. The lowest BCUT2D eigenvalue weighted by Gasteiger charge is -2.31. The minimum Gasteiger partial charge on any atom is -0.351 e. The molecule has 2 N–H and O–H groups in total. The third-order valence-electron chi connectivity index (χ3n) is 4.79. The predicted octanol–water partition coefficient (Wildman–Crippen LogP) is 1.09. The van der Waals surface area contributed by atoms with Gasteiger partial charge in [0.05, 0.1) is 5.88 Å². The Morgan fingerprint density at radius 2 is 2.00 bits per heavy atom. The standard InChI is InChI=1S/C15H25N3O2S/c1-2-3-14(19)18-9-21-8-13(18)15(20)17-12-6-10-4-5-11(7-12)16-10/h10-13,16H,2-9H2,1H3,(H,17,20). The number of nitrogens with one attached hydrogen (secondary N) is 2. The Morgan fingerprint density at radius 3 is 2.67 bits per heavy atom. The molecule has 0 aromatic heterocycles. The fourth-order valence-electron chi connectivity index (χ4n) is 3.74. The number of carbonyl (C=O) groups is 2. The van der Waals surface area contributed by atoms with E-state index in [1.165, 1.54) is 12.8 Å². The van der Waals surface area contributed by atoms with Crippen LogP contribution in [0.1, 0.15) is 45.4 Å². The van der Waals surface area contributed by atoms with Crippen LogP contribution in [-0.4, -0.2) is 52.5 Å². The van der Waals surface area contributed by atoms with Crippen LogP contribution in [-0.2, 0) is 9.59 Å². The summed E-state index contributed by atoms with van der Waals surface area (Å²) in [5, 5.41) is 6.79. The number of carbonyl (C=O) groups excluding carboxylic acids is 2. The zero-order valence-electron chi connectivity index (χ0n) is 12.6. The number of hydrogen-bond donors (Lipinski definition) is 2. The summed E-state index contributed by atoms with van der Waals surface area (Å²) < 4.78 is 0. The van der Waals surface area contributed by atoms with Crippen molar-refractivity contribution in [2.75, 3.05) is 11.6 Å². The number of amides is 2. The Hall–Kier alpha value is -0.750. The zero-order valence-corrected chi connectivity index (χ0v) is 13.5. The van der Waals surface area contributed by atoms with Crippen LogP contribution in [0, 0.1) is 0 Å². The molecule has 3 unspecified atom stereocenters. The summed E-state index contributed by atoms with van der Waals surface area (Å²) >= 11 is 1.68. The highest BCUT2D eigenvalue weighted by Gasteiger charge is 2.38. The molecule has 2 bridgehead atoms. The minimum absolute atomic E-state index is 0.0516. The van der Waals surface area contributed by atoms with E-state index in [1.807, 2.05) is 6.92 Å². The summed E-state index contributed by atoms with van der Waals surface area (Å²) in [5.41, 5.74) is 0. The first-order valence-electron chi connectivity index (χ1n) is 8.11. The summed E-state index contributed by atoms with van der Waals surface area (Å²) in [6, 6.07) is 1.17. The predicted molar refractivity (Wildman–Crippen MR) is 84.0 cm³/mol. The SMILES string of the molecule is CCCC(=O)N1CSCC1C(=O)NC1CC2CCC(C1)N2. The number of nitrogens with zero attached hydrogens (tertiary/aromatic N) is 1. The first-order chi connectivity index (χ1) is 10.2. The van der Waals surface area contributed by atoms with Crippen molar-refractivity contribution in [3.8, 4) is 0 Å². The van der Waals surface area contributed by atoms with Crippen molar-refractivity contribution in [1.82, 2.24) is 15.5 Å². The van der Waals surface area contributed by atoms with Crippen LogP contribution in [0.4, 0.5) is 0 Å². The van der Waals surface area contributed by atoms with Crippen molar-refractivity contribution < 1.29 is 9.59 Å². The van der Waals surface area contributed by atoms with E-state index in [0.29, 0.717) is 24.4 Å². The molecule has 5 nitrogen and oxygen atoms in total. The minimum atomic E-state index is -0.262. The lowest BCUT2D eigenvalue weighted by Crippen LogP contribution is -2.53. The van der Waals surface area contributed by atoms with Gasteiger partial charge >= 0.3 is 0 Å². The van der Waals surface area contributed by atoms with Gasteiger partial charge in [0, 0.05) is 30.3 Å². The summed E-state index contributed by atoms with van der Waals surface area (Å²) in [6.07, 6.45) is 5.92. The quantitative estimate of drug-likeness (QED) is 0.816. The maximum Gasteiger partial charge on any atom is 0.243 e. The van der Waals surface area contributed by atoms with Crippen molar-refractivity contribution >= 4 is 23.6 Å². The van der Waals surface area contributed by atoms with Gasteiger partial charge in [-0.15, -0.1) is 11.8 Å². The lowest BCUT2D eigenvalue weighted by atomic mass is 9.99. The van der Waals surface area contributed by atoms with E-state index < -0.39 is 0 Å². The molecule has 3 saturated heterocycles. The van der Waals surface area contributed by atoms with E-state index >= 15 is 0 Å². The maximum atomic E-state index is 12.5. The molecule has 3 aliphatic rings. The second-order valence-electron chi connectivity index (χ2n) is 6.44. The first kappa shape index (κ1) is 15.2. The van der Waals surface area contributed by atoms with Gasteiger partial charge in [0.15, 0.2) is 0 Å². The van der Waals surface area contributed by atoms with Crippen LogP contribution in [0.3, 0.4) is 0 Å². The molecule has 0 aromatic rings. The smallest absolute Gasteiger partial charge is 0.243 e. The summed E-state index contributed by atoms with van der Waals surface area (Å²) in [5.74, 6) is 1.57. The van der Waals surface area contributed by atoms with E-state index in [1.54, 1.807) is 16.7 Å². The molecule has 3 heterocycles. The molecule has 21 heavy (non-hydrogen) atoms. The van der Waals surface area contributed by atoms with E-state index in [9.17, 15) is 9.59 Å². The maximum absolute atomic E-state index is 12.5. The van der Waals surface area contributed by atoms with Crippen molar-refractivity contribution in [1.29, 1.82) is 0 Å². The van der Waals surface area contributed by atoms with Gasteiger partial charge in [0.1, 0.15) is 6.04 Å². The van der Waals surface area contributed by atoms with Gasteiger partial charge in [0.25, 0.3) is 0 Å². The molecular formula is C15H25N3O2S. The largest absolute Gasteiger partial charge is 0.351 e. The topological polar surface area (TPSA) is 61.4 Å². The average Bonchev–Trinajstić information content (AvgIpc) is 3.06. The fourth-order valence-corrected chi connectivity index (χ4v) is 4.92. The van der Waals surface area contributed by atoms with Crippen LogP contribution in [0.25, 0.3) is 0 Å². The molecule has 0 aliphatic carbocycles. The van der Waals surface area contributed by atoms with Gasteiger partial charge in [0.2, 0.25) is 11.8 Å². The van der Waals surface area contributed by atoms with Gasteiger partial charge in [-0.2, -0.15) is 0 Å². The number of piperidine rings is 1. The molecule has 3 aliphatic heterocycles. The van der Waals surface area contributed by atoms with Gasteiger partial charge in [-0.25, -0.2) is 0 Å². The third-order valence-corrected chi connectivity index (χ3v) is 5.80. The Balaban J connectivity index is 1.55. The Bertz CT molecular complexity index is 406. The normalized spacial score (nSPS) is 35.0. The molecule has 0 radical (unpaired) electrons. The van der Waals surface area contributed by atoms with Gasteiger partial charge in [-0.1, -0.05) is 6.92 Å². The second kappa shape index (κ2) is 6.57. The Labute approximate surface area is 130 Å². The summed E-state index contributed by atoms with van der Waals surface area (Å²) in [6.45, 7) is 2.00.